The largest absolute Gasteiger partial charge is 0.303 e. The quantitative estimate of drug-likeness (QED) is 0.642. The Bertz CT molecular complexity index is 879. The summed E-state index contributed by atoms with van der Waals surface area (Å²) < 4.78 is 28.0. The Morgan fingerprint density at radius 1 is 1.16 bits per heavy atom. The molecule has 1 saturated heterocycles. The monoisotopic (exact) mass is 377 g/mol. The lowest BCUT2D eigenvalue weighted by atomic mass is 9.89. The van der Waals surface area contributed by atoms with Crippen molar-refractivity contribution in [3.63, 3.8) is 0 Å². The van der Waals surface area contributed by atoms with E-state index >= 15 is 0 Å². The van der Waals surface area contributed by atoms with E-state index in [-0.39, 0.29) is 28.0 Å². The van der Waals surface area contributed by atoms with Gasteiger partial charge in [-0.3, -0.25) is 0 Å². The Morgan fingerprint density at radius 2 is 1.84 bits per heavy atom. The number of fused-ring (bicyclic) bond motifs is 1. The van der Waals surface area contributed by atoms with Crippen molar-refractivity contribution < 1.29 is 13.2 Å². The van der Waals surface area contributed by atoms with Gasteiger partial charge in [-0.1, -0.05) is 44.2 Å². The van der Waals surface area contributed by atoms with Crippen LogP contribution in [0, 0.1) is 11.8 Å². The lowest BCUT2D eigenvalue weighted by Gasteiger charge is -2.30. The van der Waals surface area contributed by atoms with Gasteiger partial charge in [0.15, 0.2) is 0 Å². The molecule has 0 amide bonds. The van der Waals surface area contributed by atoms with Crippen LogP contribution in [0.1, 0.15) is 20.3 Å². The van der Waals surface area contributed by atoms with Crippen LogP contribution in [-0.2, 0) is 14.8 Å². The van der Waals surface area contributed by atoms with Gasteiger partial charge in [-0.2, -0.15) is 16.9 Å². The van der Waals surface area contributed by atoms with Crippen LogP contribution in [0.15, 0.2) is 47.4 Å². The molecule has 0 radical (unpaired) electrons. The summed E-state index contributed by atoms with van der Waals surface area (Å²) in [5.41, 5.74) is 0. The molecule has 0 bridgehead atoms. The van der Waals surface area contributed by atoms with Gasteiger partial charge in [-0.05, 0) is 35.2 Å². The molecule has 0 spiro atoms. The summed E-state index contributed by atoms with van der Waals surface area (Å²) >= 11 is 4.49. The van der Waals surface area contributed by atoms with E-state index in [1.54, 1.807) is 12.1 Å². The Morgan fingerprint density at radius 3 is 2.48 bits per heavy atom. The van der Waals surface area contributed by atoms with Crippen molar-refractivity contribution in [2.24, 2.45) is 11.8 Å². The van der Waals surface area contributed by atoms with E-state index in [0.717, 1.165) is 17.1 Å². The minimum Gasteiger partial charge on any atom is -0.303 e. The van der Waals surface area contributed by atoms with Crippen LogP contribution < -0.4 is 0 Å². The van der Waals surface area contributed by atoms with E-state index in [9.17, 15) is 13.2 Å². The van der Waals surface area contributed by atoms with Crippen molar-refractivity contribution in [1.29, 1.82) is 0 Å². The highest BCUT2D eigenvalue weighted by Crippen LogP contribution is 2.35. The van der Waals surface area contributed by atoms with Crippen LogP contribution >= 0.6 is 12.6 Å². The average molecular weight is 378 g/mol. The van der Waals surface area contributed by atoms with Crippen LogP contribution in [0.2, 0.25) is 0 Å². The van der Waals surface area contributed by atoms with Crippen molar-refractivity contribution in [2.45, 2.75) is 36.5 Å². The summed E-state index contributed by atoms with van der Waals surface area (Å²) in [5.74, 6) is -0.247. The lowest BCUT2D eigenvalue weighted by Crippen LogP contribution is -2.42. The predicted octanol–water partition coefficient (Wildman–Crippen LogP) is 3.37. The lowest BCUT2D eigenvalue weighted by molar-refractivity contribution is -0.113. The molecule has 0 N–H and O–H groups in total. The molecule has 25 heavy (non-hydrogen) atoms. The van der Waals surface area contributed by atoms with E-state index < -0.39 is 10.0 Å². The van der Waals surface area contributed by atoms with Crippen molar-refractivity contribution in [2.75, 3.05) is 6.54 Å². The maximum absolute atomic E-state index is 13.3. The average Bonchev–Trinajstić information content (AvgIpc) is 2.97. The van der Waals surface area contributed by atoms with Gasteiger partial charge in [0.25, 0.3) is 0 Å². The Balaban J connectivity index is 2.02. The molecule has 6 heteroatoms. The number of benzene rings is 2. The molecule has 1 aliphatic rings. The Hall–Kier alpha value is -1.37. The van der Waals surface area contributed by atoms with Crippen LogP contribution in [0.25, 0.3) is 10.8 Å². The summed E-state index contributed by atoms with van der Waals surface area (Å²) in [6.45, 7) is 4.23. The van der Waals surface area contributed by atoms with Crippen LogP contribution in [-0.4, -0.2) is 36.8 Å². The zero-order valence-corrected chi connectivity index (χ0v) is 16.1. The first-order valence-corrected chi connectivity index (χ1v) is 10.4. The van der Waals surface area contributed by atoms with Crippen LogP contribution in [0.4, 0.5) is 0 Å². The standard InChI is InChI=1S/C19H23NO3S2/c1-13(2)18(12-21)19-10-16(24)11-20(19)25(22,23)17-8-7-14-5-3-4-6-15(14)9-17/h3-9,12-13,16,18-19,24H,10-11H2,1-2H3/t16-,18+,19?/m1/s1. The maximum atomic E-state index is 13.3. The molecule has 134 valence electrons. The van der Waals surface area contributed by atoms with E-state index in [2.05, 4.69) is 12.6 Å². The minimum atomic E-state index is -3.68. The number of rotatable bonds is 5. The molecule has 0 aliphatic carbocycles. The molecular formula is C19H23NO3S2. The van der Waals surface area contributed by atoms with Gasteiger partial charge < -0.3 is 4.79 Å². The number of aldehydes is 1. The first-order valence-electron chi connectivity index (χ1n) is 8.48. The zero-order chi connectivity index (χ0) is 18.2. The van der Waals surface area contributed by atoms with Gasteiger partial charge >= 0.3 is 0 Å². The molecule has 3 atom stereocenters. The normalized spacial score (nSPS) is 23.2. The number of hydrogen-bond donors (Lipinski definition) is 1. The third-order valence-electron chi connectivity index (χ3n) is 4.97. The fourth-order valence-electron chi connectivity index (χ4n) is 3.59. The number of hydrogen-bond acceptors (Lipinski definition) is 4. The summed E-state index contributed by atoms with van der Waals surface area (Å²) in [4.78, 5) is 11.8. The first-order chi connectivity index (χ1) is 11.8. The van der Waals surface area contributed by atoms with Gasteiger partial charge in [0.1, 0.15) is 6.29 Å². The highest BCUT2D eigenvalue weighted by Gasteiger charge is 2.43. The molecule has 1 aliphatic heterocycles. The third kappa shape index (κ3) is 3.48. The number of thiol groups is 1. The summed E-state index contributed by atoms with van der Waals surface area (Å²) in [7, 11) is -3.68. The molecule has 1 heterocycles. The molecule has 3 rings (SSSR count). The van der Waals surface area contributed by atoms with Gasteiger partial charge in [0.05, 0.1) is 4.90 Å². The van der Waals surface area contributed by atoms with Crippen LogP contribution in [0.5, 0.6) is 0 Å². The first kappa shape index (κ1) is 18.4. The second kappa shape index (κ2) is 7.09. The van der Waals surface area contributed by atoms with Crippen molar-refractivity contribution >= 4 is 39.7 Å². The fourth-order valence-corrected chi connectivity index (χ4v) is 5.84. The highest BCUT2D eigenvalue weighted by atomic mass is 32.2. The van der Waals surface area contributed by atoms with Gasteiger partial charge in [0.2, 0.25) is 10.0 Å². The third-order valence-corrected chi connectivity index (χ3v) is 7.23. The maximum Gasteiger partial charge on any atom is 0.243 e. The van der Waals surface area contributed by atoms with Crippen molar-refractivity contribution in [3.05, 3.63) is 42.5 Å². The van der Waals surface area contributed by atoms with E-state index in [0.29, 0.717) is 13.0 Å². The smallest absolute Gasteiger partial charge is 0.243 e. The van der Waals surface area contributed by atoms with Gasteiger partial charge in [-0.25, -0.2) is 8.42 Å². The SMILES string of the molecule is CC(C)[C@H](C=O)C1C[C@@H](S)CN1S(=O)(=O)c1ccc2ccccc2c1. The Kier molecular flexibility index (Phi) is 5.23. The molecule has 1 unspecified atom stereocenters. The topological polar surface area (TPSA) is 54.5 Å². The summed E-state index contributed by atoms with van der Waals surface area (Å²) in [6.07, 6.45) is 1.49. The van der Waals surface area contributed by atoms with Crippen LogP contribution in [0.3, 0.4) is 0 Å². The Labute approximate surface area is 154 Å². The van der Waals surface area contributed by atoms with E-state index in [1.807, 2.05) is 44.2 Å². The minimum absolute atomic E-state index is 0.0542. The number of sulfonamides is 1. The number of carbonyl (C=O) groups is 1. The second-order valence-corrected chi connectivity index (χ2v) is 9.62. The number of carbonyl (C=O) groups excluding carboxylic acids is 1. The van der Waals surface area contributed by atoms with Gasteiger partial charge in [-0.15, -0.1) is 0 Å². The van der Waals surface area contributed by atoms with Crippen molar-refractivity contribution in [1.82, 2.24) is 4.31 Å². The molecule has 4 nitrogen and oxygen atoms in total. The fraction of sp³-hybridized carbons (Fsp3) is 0.421. The molecule has 0 saturated carbocycles. The van der Waals surface area contributed by atoms with E-state index in [4.69, 9.17) is 0 Å². The van der Waals surface area contributed by atoms with Gasteiger partial charge in [0, 0.05) is 23.8 Å². The molecule has 2 aromatic rings. The molecule has 0 aromatic heterocycles. The zero-order valence-electron chi connectivity index (χ0n) is 14.4. The molecule has 1 fully saturated rings. The van der Waals surface area contributed by atoms with E-state index in [1.165, 1.54) is 4.31 Å². The second-order valence-electron chi connectivity index (χ2n) is 7.00. The van der Waals surface area contributed by atoms with Crippen molar-refractivity contribution in [3.8, 4) is 0 Å². The highest BCUT2D eigenvalue weighted by molar-refractivity contribution is 7.89. The predicted molar refractivity (Wildman–Crippen MR) is 103 cm³/mol. The number of nitrogens with zero attached hydrogens (tertiary/aromatic N) is 1. The molecule has 2 aromatic carbocycles. The summed E-state index contributed by atoms with van der Waals surface area (Å²) in [6, 6.07) is 12.5. The summed E-state index contributed by atoms with van der Waals surface area (Å²) in [5, 5.41) is 1.83. The molecular weight excluding hydrogens is 354 g/mol.